The first-order chi connectivity index (χ1) is 10.1. The topological polar surface area (TPSA) is 83.3 Å². The van der Waals surface area contributed by atoms with Crippen molar-refractivity contribution in [2.45, 2.75) is 32.2 Å². The third kappa shape index (κ3) is 4.56. The molecule has 0 aliphatic carbocycles. The second kappa shape index (κ2) is 7.21. The van der Waals surface area contributed by atoms with Crippen molar-refractivity contribution in [3.63, 3.8) is 0 Å². The van der Waals surface area contributed by atoms with Gasteiger partial charge in [-0.15, -0.1) is 0 Å². The number of nitrogens with zero attached hydrogens (tertiary/aromatic N) is 3. The van der Waals surface area contributed by atoms with Crippen molar-refractivity contribution in [2.75, 3.05) is 37.3 Å². The molecule has 1 aromatic heterocycles. The molecule has 1 fully saturated rings. The SMILES string of the molecule is CCCNc1cc([N+](=O)[O-])cc(NC2CCCN(C)C2)n1. The fraction of sp³-hybridized carbons (Fsp3) is 0.643. The fourth-order valence-electron chi connectivity index (χ4n) is 2.53. The molecule has 1 aliphatic heterocycles. The Morgan fingerprint density at radius 1 is 1.48 bits per heavy atom. The molecule has 1 aliphatic rings. The number of likely N-dealkylation sites (tertiary alicyclic amines) is 1. The molecule has 0 saturated carbocycles. The first-order valence-corrected chi connectivity index (χ1v) is 7.44. The van der Waals surface area contributed by atoms with Crippen LogP contribution >= 0.6 is 0 Å². The van der Waals surface area contributed by atoms with Crippen LogP contribution in [0.25, 0.3) is 0 Å². The van der Waals surface area contributed by atoms with Crippen LogP contribution in [0.3, 0.4) is 0 Å². The Labute approximate surface area is 124 Å². The van der Waals surface area contributed by atoms with Gasteiger partial charge >= 0.3 is 0 Å². The van der Waals surface area contributed by atoms with Crippen LogP contribution in [0.2, 0.25) is 0 Å². The van der Waals surface area contributed by atoms with Crippen LogP contribution < -0.4 is 10.6 Å². The molecule has 2 heterocycles. The van der Waals surface area contributed by atoms with E-state index in [-0.39, 0.29) is 16.7 Å². The number of rotatable bonds is 6. The zero-order valence-electron chi connectivity index (χ0n) is 12.6. The zero-order chi connectivity index (χ0) is 15.2. The van der Waals surface area contributed by atoms with Gasteiger partial charge in [0.2, 0.25) is 0 Å². The Balaban J connectivity index is 2.12. The molecule has 1 unspecified atom stereocenters. The molecular formula is C14H23N5O2. The van der Waals surface area contributed by atoms with Crippen molar-refractivity contribution in [3.8, 4) is 0 Å². The zero-order valence-corrected chi connectivity index (χ0v) is 12.6. The molecule has 0 amide bonds. The van der Waals surface area contributed by atoms with E-state index in [4.69, 9.17) is 0 Å². The van der Waals surface area contributed by atoms with Gasteiger partial charge in [0.1, 0.15) is 11.6 Å². The molecule has 2 N–H and O–H groups in total. The molecule has 116 valence electrons. The lowest BCUT2D eigenvalue weighted by Gasteiger charge is -2.30. The molecule has 1 aromatic rings. The van der Waals surface area contributed by atoms with Gasteiger partial charge in [0.25, 0.3) is 5.69 Å². The fourth-order valence-corrected chi connectivity index (χ4v) is 2.53. The summed E-state index contributed by atoms with van der Waals surface area (Å²) in [5.74, 6) is 1.13. The maximum atomic E-state index is 11.0. The second-order valence-corrected chi connectivity index (χ2v) is 5.53. The van der Waals surface area contributed by atoms with E-state index in [0.29, 0.717) is 11.6 Å². The molecule has 0 spiro atoms. The number of aromatic nitrogens is 1. The van der Waals surface area contributed by atoms with Crippen LogP contribution in [0.1, 0.15) is 26.2 Å². The first-order valence-electron chi connectivity index (χ1n) is 7.44. The van der Waals surface area contributed by atoms with Crippen LogP contribution in [0.4, 0.5) is 17.3 Å². The number of nitrogens with one attached hydrogen (secondary N) is 2. The van der Waals surface area contributed by atoms with Gasteiger partial charge in [-0.25, -0.2) is 4.98 Å². The Bertz CT molecular complexity index is 494. The number of anilines is 2. The lowest BCUT2D eigenvalue weighted by molar-refractivity contribution is -0.384. The minimum atomic E-state index is -0.378. The van der Waals surface area contributed by atoms with E-state index in [1.807, 2.05) is 6.92 Å². The minimum Gasteiger partial charge on any atom is -0.370 e. The summed E-state index contributed by atoms with van der Waals surface area (Å²) in [6.07, 6.45) is 3.14. The van der Waals surface area contributed by atoms with Crippen molar-refractivity contribution in [1.29, 1.82) is 0 Å². The van der Waals surface area contributed by atoms with Crippen LogP contribution in [0.15, 0.2) is 12.1 Å². The third-order valence-electron chi connectivity index (χ3n) is 3.55. The molecule has 0 bridgehead atoms. The third-order valence-corrected chi connectivity index (χ3v) is 3.55. The molecule has 7 nitrogen and oxygen atoms in total. The van der Waals surface area contributed by atoms with Gasteiger partial charge in [0, 0.05) is 19.1 Å². The van der Waals surface area contributed by atoms with Crippen LogP contribution in [-0.4, -0.2) is 47.5 Å². The maximum Gasteiger partial charge on any atom is 0.276 e. The van der Waals surface area contributed by atoms with E-state index < -0.39 is 0 Å². The lowest BCUT2D eigenvalue weighted by atomic mass is 10.1. The lowest BCUT2D eigenvalue weighted by Crippen LogP contribution is -2.39. The van der Waals surface area contributed by atoms with Crippen molar-refractivity contribution >= 4 is 17.3 Å². The number of hydrogen-bond acceptors (Lipinski definition) is 6. The molecule has 1 saturated heterocycles. The molecule has 1 atom stereocenters. The van der Waals surface area contributed by atoms with Gasteiger partial charge in [0.05, 0.1) is 17.1 Å². The van der Waals surface area contributed by atoms with Crippen LogP contribution in [0, 0.1) is 10.1 Å². The molecular weight excluding hydrogens is 270 g/mol. The Morgan fingerprint density at radius 3 is 2.90 bits per heavy atom. The number of piperidine rings is 1. The summed E-state index contributed by atoms with van der Waals surface area (Å²) in [6, 6.07) is 3.27. The highest BCUT2D eigenvalue weighted by molar-refractivity contribution is 5.55. The largest absolute Gasteiger partial charge is 0.370 e. The smallest absolute Gasteiger partial charge is 0.276 e. The highest BCUT2D eigenvalue weighted by Crippen LogP contribution is 2.22. The van der Waals surface area contributed by atoms with Crippen molar-refractivity contribution in [3.05, 3.63) is 22.2 Å². The Hall–Kier alpha value is -1.89. The Kier molecular flexibility index (Phi) is 5.32. The quantitative estimate of drug-likeness (QED) is 0.618. The average Bonchev–Trinajstić information content (AvgIpc) is 2.45. The van der Waals surface area contributed by atoms with Gasteiger partial charge in [-0.3, -0.25) is 10.1 Å². The highest BCUT2D eigenvalue weighted by atomic mass is 16.6. The van der Waals surface area contributed by atoms with Gasteiger partial charge in [-0.1, -0.05) is 6.92 Å². The molecule has 0 aromatic carbocycles. The van der Waals surface area contributed by atoms with Gasteiger partial charge < -0.3 is 15.5 Å². The van der Waals surface area contributed by atoms with E-state index in [9.17, 15) is 10.1 Å². The number of likely N-dealkylation sites (N-methyl/N-ethyl adjacent to an activating group) is 1. The van der Waals surface area contributed by atoms with E-state index in [0.717, 1.165) is 38.9 Å². The standard InChI is InChI=1S/C14H23N5O2/c1-3-6-15-13-8-12(19(20)21)9-14(17-13)16-11-5-4-7-18(2)10-11/h8-9,11H,3-7,10H2,1-2H3,(H2,15,16,17). The summed E-state index contributed by atoms with van der Waals surface area (Å²) >= 11 is 0. The molecule has 7 heteroatoms. The van der Waals surface area contributed by atoms with Gasteiger partial charge in [-0.05, 0) is 32.9 Å². The maximum absolute atomic E-state index is 11.0. The van der Waals surface area contributed by atoms with E-state index in [1.54, 1.807) is 0 Å². The normalized spacial score (nSPS) is 19.2. The first kappa shape index (κ1) is 15.5. The Morgan fingerprint density at radius 2 is 2.24 bits per heavy atom. The van der Waals surface area contributed by atoms with Crippen molar-refractivity contribution < 1.29 is 4.92 Å². The number of hydrogen-bond donors (Lipinski definition) is 2. The summed E-state index contributed by atoms with van der Waals surface area (Å²) in [6.45, 7) is 4.83. The van der Waals surface area contributed by atoms with Crippen LogP contribution in [-0.2, 0) is 0 Å². The summed E-state index contributed by atoms with van der Waals surface area (Å²) in [5, 5.41) is 17.5. The van der Waals surface area contributed by atoms with E-state index in [2.05, 4.69) is 27.6 Å². The monoisotopic (exact) mass is 293 g/mol. The van der Waals surface area contributed by atoms with Gasteiger partial charge in [0.15, 0.2) is 0 Å². The molecule has 21 heavy (non-hydrogen) atoms. The predicted octanol–water partition coefficient (Wildman–Crippen LogP) is 2.32. The van der Waals surface area contributed by atoms with Gasteiger partial charge in [-0.2, -0.15) is 0 Å². The highest BCUT2D eigenvalue weighted by Gasteiger charge is 2.19. The number of pyridine rings is 1. The summed E-state index contributed by atoms with van der Waals surface area (Å²) in [7, 11) is 2.09. The summed E-state index contributed by atoms with van der Waals surface area (Å²) in [5.41, 5.74) is 0.0651. The predicted molar refractivity (Wildman–Crippen MR) is 83.8 cm³/mol. The van der Waals surface area contributed by atoms with E-state index in [1.165, 1.54) is 12.1 Å². The van der Waals surface area contributed by atoms with E-state index >= 15 is 0 Å². The number of nitro groups is 1. The summed E-state index contributed by atoms with van der Waals surface area (Å²) in [4.78, 5) is 17.3. The summed E-state index contributed by atoms with van der Waals surface area (Å²) < 4.78 is 0. The van der Waals surface area contributed by atoms with Crippen molar-refractivity contribution in [1.82, 2.24) is 9.88 Å². The molecule has 0 radical (unpaired) electrons. The second-order valence-electron chi connectivity index (χ2n) is 5.53. The minimum absolute atomic E-state index is 0.0651. The van der Waals surface area contributed by atoms with Crippen LogP contribution in [0.5, 0.6) is 0 Å². The average molecular weight is 293 g/mol. The van der Waals surface area contributed by atoms with Crippen molar-refractivity contribution in [2.24, 2.45) is 0 Å². The molecule has 2 rings (SSSR count).